The van der Waals surface area contributed by atoms with E-state index in [1.165, 1.54) is 6.20 Å². The summed E-state index contributed by atoms with van der Waals surface area (Å²) in [4.78, 5) is 23.8. The molecule has 5 rings (SSSR count). The predicted octanol–water partition coefficient (Wildman–Crippen LogP) is 3.62. The van der Waals surface area contributed by atoms with Gasteiger partial charge in [0.25, 0.3) is 5.56 Å². The average Bonchev–Trinajstić information content (AvgIpc) is 2.79. The highest BCUT2D eigenvalue weighted by atomic mass is 19.4. The van der Waals surface area contributed by atoms with E-state index in [0.717, 1.165) is 72.3 Å². The number of hydrogen-bond acceptors (Lipinski definition) is 5. The van der Waals surface area contributed by atoms with Gasteiger partial charge < -0.3 is 15.2 Å². The second-order valence-electron chi connectivity index (χ2n) is 8.38. The second kappa shape index (κ2) is 8.12. The number of nitrogens with zero attached hydrogens (tertiary/aromatic N) is 3. The van der Waals surface area contributed by atoms with Crippen molar-refractivity contribution in [1.29, 1.82) is 0 Å². The number of piperazine rings is 1. The maximum absolute atomic E-state index is 13.0. The average molecular weight is 443 g/mol. The van der Waals surface area contributed by atoms with Gasteiger partial charge in [-0.3, -0.25) is 9.69 Å². The largest absolute Gasteiger partial charge is 0.416 e. The fourth-order valence-electron chi connectivity index (χ4n) is 4.56. The zero-order valence-corrected chi connectivity index (χ0v) is 17.5. The number of rotatable bonds is 3. The SMILES string of the molecule is O=c1[nH]c2cc(CN3CCN(c4cc(C(F)(F)F)ccn4)CC3)ccc2c2c1CCCN2. The molecule has 1 aromatic carbocycles. The summed E-state index contributed by atoms with van der Waals surface area (Å²) >= 11 is 0. The second-order valence-corrected chi connectivity index (χ2v) is 8.38. The zero-order valence-electron chi connectivity index (χ0n) is 17.5. The highest BCUT2D eigenvalue weighted by Crippen LogP contribution is 2.31. The van der Waals surface area contributed by atoms with Gasteiger partial charge in [-0.2, -0.15) is 13.2 Å². The standard InChI is InChI=1S/C23H24F3N5O/c24-23(25,26)16-5-7-27-20(13-16)31-10-8-30(9-11-31)14-15-3-4-17-19(12-15)29-22(32)18-2-1-6-28-21(17)18/h3-5,7,12-13,28H,1-2,6,8-11,14H2,(H,29,32). The Morgan fingerprint density at radius 2 is 1.88 bits per heavy atom. The summed E-state index contributed by atoms with van der Waals surface area (Å²) in [5, 5.41) is 4.40. The molecule has 0 atom stereocenters. The van der Waals surface area contributed by atoms with Crippen LogP contribution in [0.5, 0.6) is 0 Å². The number of fused-ring (bicyclic) bond motifs is 3. The summed E-state index contributed by atoms with van der Waals surface area (Å²) in [7, 11) is 0. The van der Waals surface area contributed by atoms with E-state index in [1.807, 2.05) is 11.0 Å². The zero-order chi connectivity index (χ0) is 22.3. The van der Waals surface area contributed by atoms with Crippen molar-refractivity contribution in [2.45, 2.75) is 25.6 Å². The van der Waals surface area contributed by atoms with Crippen LogP contribution in [-0.4, -0.2) is 47.6 Å². The molecular formula is C23H24F3N5O. The first-order valence-corrected chi connectivity index (χ1v) is 10.8. The van der Waals surface area contributed by atoms with Crippen molar-refractivity contribution in [2.24, 2.45) is 0 Å². The molecule has 4 heterocycles. The van der Waals surface area contributed by atoms with Crippen molar-refractivity contribution in [3.63, 3.8) is 0 Å². The van der Waals surface area contributed by atoms with Gasteiger partial charge >= 0.3 is 6.18 Å². The number of pyridine rings is 2. The van der Waals surface area contributed by atoms with Crippen molar-refractivity contribution in [3.05, 3.63) is 63.6 Å². The minimum absolute atomic E-state index is 0.0287. The van der Waals surface area contributed by atoms with Gasteiger partial charge in [0.15, 0.2) is 0 Å². The van der Waals surface area contributed by atoms with Crippen LogP contribution < -0.4 is 15.8 Å². The van der Waals surface area contributed by atoms with Crippen LogP contribution >= 0.6 is 0 Å². The van der Waals surface area contributed by atoms with Crippen LogP contribution in [0.3, 0.4) is 0 Å². The van der Waals surface area contributed by atoms with Gasteiger partial charge in [-0.15, -0.1) is 0 Å². The summed E-state index contributed by atoms with van der Waals surface area (Å²) in [6, 6.07) is 8.27. The van der Waals surface area contributed by atoms with E-state index in [-0.39, 0.29) is 5.56 Å². The lowest BCUT2D eigenvalue weighted by atomic mass is 10.0. The number of aromatic amines is 1. The maximum Gasteiger partial charge on any atom is 0.416 e. The Kier molecular flexibility index (Phi) is 5.28. The van der Waals surface area contributed by atoms with E-state index in [1.54, 1.807) is 0 Å². The molecular weight excluding hydrogens is 419 g/mol. The first-order chi connectivity index (χ1) is 15.4. The molecule has 1 saturated heterocycles. The third-order valence-electron chi connectivity index (χ3n) is 6.26. The maximum atomic E-state index is 13.0. The third-order valence-corrected chi connectivity index (χ3v) is 6.26. The molecule has 0 amide bonds. The molecule has 2 aromatic heterocycles. The molecule has 2 aliphatic rings. The van der Waals surface area contributed by atoms with Crippen LogP contribution in [0.4, 0.5) is 24.7 Å². The summed E-state index contributed by atoms with van der Waals surface area (Å²) < 4.78 is 39.0. The molecule has 6 nitrogen and oxygen atoms in total. The molecule has 9 heteroatoms. The van der Waals surface area contributed by atoms with E-state index >= 15 is 0 Å². The number of halogens is 3. The highest BCUT2D eigenvalue weighted by molar-refractivity contribution is 5.93. The van der Waals surface area contributed by atoms with Crippen LogP contribution in [0.1, 0.15) is 23.1 Å². The lowest BCUT2D eigenvalue weighted by Gasteiger charge is -2.35. The van der Waals surface area contributed by atoms with E-state index in [0.29, 0.717) is 25.5 Å². The first kappa shape index (κ1) is 20.8. The molecule has 0 radical (unpaired) electrons. The van der Waals surface area contributed by atoms with Gasteiger partial charge in [0.2, 0.25) is 0 Å². The molecule has 32 heavy (non-hydrogen) atoms. The van der Waals surface area contributed by atoms with Crippen LogP contribution in [0, 0.1) is 0 Å². The molecule has 0 aliphatic carbocycles. The lowest BCUT2D eigenvalue weighted by molar-refractivity contribution is -0.137. The first-order valence-electron chi connectivity index (χ1n) is 10.8. The van der Waals surface area contributed by atoms with E-state index in [4.69, 9.17) is 0 Å². The van der Waals surface area contributed by atoms with Crippen molar-refractivity contribution in [3.8, 4) is 0 Å². The summed E-state index contributed by atoms with van der Waals surface area (Å²) in [6.07, 6.45) is -1.40. The Balaban J connectivity index is 1.28. The van der Waals surface area contributed by atoms with Gasteiger partial charge in [0, 0.05) is 56.4 Å². The summed E-state index contributed by atoms with van der Waals surface area (Å²) in [5.74, 6) is 0.361. The normalized spacial score (nSPS) is 17.3. The predicted molar refractivity (Wildman–Crippen MR) is 118 cm³/mol. The Morgan fingerprint density at radius 1 is 1.06 bits per heavy atom. The molecule has 3 aromatic rings. The van der Waals surface area contributed by atoms with Crippen molar-refractivity contribution in [1.82, 2.24) is 14.9 Å². The number of H-pyrrole nitrogens is 1. The highest BCUT2D eigenvalue weighted by Gasteiger charge is 2.31. The Morgan fingerprint density at radius 3 is 2.66 bits per heavy atom. The summed E-state index contributed by atoms with van der Waals surface area (Å²) in [5.41, 5.74) is 2.99. The Hall–Kier alpha value is -3.07. The molecule has 2 N–H and O–H groups in total. The van der Waals surface area contributed by atoms with Crippen molar-refractivity contribution >= 4 is 22.4 Å². The van der Waals surface area contributed by atoms with Gasteiger partial charge in [-0.1, -0.05) is 12.1 Å². The Bertz CT molecular complexity index is 1200. The van der Waals surface area contributed by atoms with E-state index in [9.17, 15) is 18.0 Å². The van der Waals surface area contributed by atoms with E-state index < -0.39 is 11.7 Å². The van der Waals surface area contributed by atoms with Gasteiger partial charge in [-0.05, 0) is 36.6 Å². The molecule has 0 bridgehead atoms. The van der Waals surface area contributed by atoms with Crippen LogP contribution in [0.2, 0.25) is 0 Å². The van der Waals surface area contributed by atoms with Gasteiger partial charge in [0.1, 0.15) is 5.82 Å². The molecule has 168 valence electrons. The quantitative estimate of drug-likeness (QED) is 0.648. The van der Waals surface area contributed by atoms with Crippen LogP contribution in [-0.2, 0) is 19.1 Å². The minimum atomic E-state index is -4.37. The number of benzene rings is 1. The van der Waals surface area contributed by atoms with Gasteiger partial charge in [-0.25, -0.2) is 4.98 Å². The topological polar surface area (TPSA) is 64.3 Å². The smallest absolute Gasteiger partial charge is 0.384 e. The molecule has 1 fully saturated rings. The number of nitrogens with one attached hydrogen (secondary N) is 2. The third kappa shape index (κ3) is 4.04. The molecule has 0 unspecified atom stereocenters. The number of anilines is 2. The van der Waals surface area contributed by atoms with Crippen LogP contribution in [0.25, 0.3) is 10.9 Å². The fourth-order valence-corrected chi connectivity index (χ4v) is 4.56. The van der Waals surface area contributed by atoms with E-state index in [2.05, 4.69) is 32.3 Å². The monoisotopic (exact) mass is 443 g/mol. The van der Waals surface area contributed by atoms with Gasteiger partial charge in [0.05, 0.1) is 16.8 Å². The fraction of sp³-hybridized carbons (Fsp3) is 0.391. The number of aromatic nitrogens is 2. The number of alkyl halides is 3. The molecule has 0 spiro atoms. The molecule has 2 aliphatic heterocycles. The Labute approximate surface area is 183 Å². The minimum Gasteiger partial charge on any atom is -0.384 e. The molecule has 0 saturated carbocycles. The summed E-state index contributed by atoms with van der Waals surface area (Å²) in [6.45, 7) is 4.24. The number of hydrogen-bond donors (Lipinski definition) is 2. The lowest BCUT2D eigenvalue weighted by Crippen LogP contribution is -2.46. The van der Waals surface area contributed by atoms with Crippen molar-refractivity contribution < 1.29 is 13.2 Å². The van der Waals surface area contributed by atoms with Crippen molar-refractivity contribution in [2.75, 3.05) is 42.9 Å². The van der Waals surface area contributed by atoms with Crippen LogP contribution in [0.15, 0.2) is 41.3 Å².